The summed E-state index contributed by atoms with van der Waals surface area (Å²) in [7, 11) is 0. The van der Waals surface area contributed by atoms with Crippen LogP contribution >= 0.6 is 0 Å². The Hall–Kier alpha value is -2.54. The van der Waals surface area contributed by atoms with Gasteiger partial charge < -0.3 is 64.2 Å². The van der Waals surface area contributed by atoms with Gasteiger partial charge in [0.15, 0.2) is 18.7 Å². The number of aliphatic hydroxyl groups excluding tert-OH is 7. The third kappa shape index (κ3) is 35.3. The zero-order valence-corrected chi connectivity index (χ0v) is 48.7. The standard InChI is InChI=1S/C63H112O15/c1-3-5-7-9-11-13-15-17-19-21-23-25-27-29-31-33-35-37-39-41-43-45-54(65)73-48-51(49-74-62-61(72)59(70)57(68)53(78-62)50-75-63-60(71)58(69)56(67)52(47-64)77-63)76-55(66)46-44-42-40-38-36-34-32-30-28-26-24-22-20-18-16-14-12-10-8-6-4-2/h6,8,12,14,18,20,24,26,51-53,56-64,67-72H,3-5,7,9-11,13,15-17,19,21-23,25,27-50H2,1-2H3/b8-6-,14-12-,20-18-,26-24-. The zero-order valence-electron chi connectivity index (χ0n) is 48.7. The van der Waals surface area contributed by atoms with Crippen LogP contribution in [0.25, 0.3) is 0 Å². The minimum absolute atomic E-state index is 0.156. The average molecular weight is 1110 g/mol. The quantitative estimate of drug-likeness (QED) is 0.0171. The highest BCUT2D eigenvalue weighted by Crippen LogP contribution is 2.27. The summed E-state index contributed by atoms with van der Waals surface area (Å²) in [5, 5.41) is 72.4. The van der Waals surface area contributed by atoms with Crippen LogP contribution in [-0.2, 0) is 38.0 Å². The van der Waals surface area contributed by atoms with E-state index in [-0.39, 0.29) is 26.1 Å². The van der Waals surface area contributed by atoms with Crippen molar-refractivity contribution in [3.63, 3.8) is 0 Å². The van der Waals surface area contributed by atoms with Crippen LogP contribution in [0.5, 0.6) is 0 Å². The molecule has 0 aromatic heterocycles. The lowest BCUT2D eigenvalue weighted by Gasteiger charge is -2.42. The molecule has 2 heterocycles. The van der Waals surface area contributed by atoms with Crippen molar-refractivity contribution >= 4 is 11.9 Å². The Morgan fingerprint density at radius 1 is 0.423 bits per heavy atom. The van der Waals surface area contributed by atoms with Crippen LogP contribution in [0.4, 0.5) is 0 Å². The first-order valence-electron chi connectivity index (χ1n) is 31.2. The number of hydrogen-bond acceptors (Lipinski definition) is 15. The van der Waals surface area contributed by atoms with Gasteiger partial charge in [0, 0.05) is 12.8 Å². The van der Waals surface area contributed by atoms with Gasteiger partial charge in [0.05, 0.1) is 19.8 Å². The molecule has 2 aliphatic heterocycles. The maximum absolute atomic E-state index is 13.1. The van der Waals surface area contributed by atoms with Crippen LogP contribution in [0.1, 0.15) is 245 Å². The van der Waals surface area contributed by atoms with E-state index in [4.69, 9.17) is 28.4 Å². The summed E-state index contributed by atoms with van der Waals surface area (Å²) in [5.41, 5.74) is 0. The van der Waals surface area contributed by atoms with Crippen molar-refractivity contribution in [1.29, 1.82) is 0 Å². The summed E-state index contributed by atoms with van der Waals surface area (Å²) in [6.45, 7) is 2.52. The Kier molecular flexibility index (Phi) is 45.1. The fourth-order valence-electron chi connectivity index (χ4n) is 9.80. The number of esters is 2. The van der Waals surface area contributed by atoms with Crippen molar-refractivity contribution in [2.24, 2.45) is 0 Å². The first-order chi connectivity index (χ1) is 38.0. The Bertz CT molecular complexity index is 1540. The van der Waals surface area contributed by atoms with E-state index in [9.17, 15) is 45.3 Å². The maximum atomic E-state index is 13.1. The first kappa shape index (κ1) is 71.6. The number of carbonyl (C=O) groups is 2. The van der Waals surface area contributed by atoms with Crippen LogP contribution in [0.3, 0.4) is 0 Å². The highest BCUT2D eigenvalue weighted by atomic mass is 16.7. The molecule has 2 rings (SSSR count). The van der Waals surface area contributed by atoms with Gasteiger partial charge in [-0.05, 0) is 51.4 Å². The number of carbonyl (C=O) groups excluding carboxylic acids is 2. The lowest BCUT2D eigenvalue weighted by molar-refractivity contribution is -0.332. The molecular weight excluding hydrogens is 997 g/mol. The molecule has 0 amide bonds. The predicted octanol–water partition coefficient (Wildman–Crippen LogP) is 11.4. The van der Waals surface area contributed by atoms with Gasteiger partial charge in [0.2, 0.25) is 0 Å². The minimum Gasteiger partial charge on any atom is -0.462 e. The van der Waals surface area contributed by atoms with Crippen LogP contribution in [-0.4, -0.2) is 142 Å². The SMILES string of the molecule is CC/C=C\C/C=C\C/C=C\C/C=C\CCCCCCCCCCC(=O)OC(COC(=O)CCCCCCCCCCCCCCCCCCCCCCC)COC1OC(COC2OC(CO)C(O)C(O)C2O)C(O)C(O)C1O. The number of unbranched alkanes of at least 4 members (excludes halogenated alkanes) is 28. The first-order valence-corrected chi connectivity index (χ1v) is 31.2. The monoisotopic (exact) mass is 1110 g/mol. The number of allylic oxidation sites excluding steroid dienone is 8. The molecule has 0 saturated carbocycles. The smallest absolute Gasteiger partial charge is 0.306 e. The van der Waals surface area contributed by atoms with E-state index in [1.807, 2.05) is 0 Å². The third-order valence-electron chi connectivity index (χ3n) is 14.8. The van der Waals surface area contributed by atoms with Gasteiger partial charge in [-0.3, -0.25) is 9.59 Å². The summed E-state index contributed by atoms with van der Waals surface area (Å²) < 4.78 is 33.8. The maximum Gasteiger partial charge on any atom is 0.306 e. The predicted molar refractivity (Wildman–Crippen MR) is 307 cm³/mol. The van der Waals surface area contributed by atoms with Crippen molar-refractivity contribution in [3.8, 4) is 0 Å². The molecule has 0 aromatic carbocycles. The lowest BCUT2D eigenvalue weighted by Crippen LogP contribution is -2.61. The fraction of sp³-hybridized carbons (Fsp3) is 0.841. The molecule has 0 aliphatic carbocycles. The summed E-state index contributed by atoms with van der Waals surface area (Å²) in [5.74, 6) is -0.923. The van der Waals surface area contributed by atoms with Gasteiger partial charge >= 0.3 is 11.9 Å². The Balaban J connectivity index is 1.72. The molecule has 0 aromatic rings. The highest BCUT2D eigenvalue weighted by molar-refractivity contribution is 5.70. The van der Waals surface area contributed by atoms with Crippen LogP contribution in [0, 0.1) is 0 Å². The van der Waals surface area contributed by atoms with Crippen molar-refractivity contribution in [2.75, 3.05) is 26.4 Å². The van der Waals surface area contributed by atoms with E-state index in [0.29, 0.717) is 12.8 Å². The normalized spacial score (nSPS) is 24.3. The number of hydrogen-bond donors (Lipinski definition) is 7. The second-order valence-corrected chi connectivity index (χ2v) is 21.9. The van der Waals surface area contributed by atoms with Crippen molar-refractivity contribution < 1.29 is 73.8 Å². The number of rotatable bonds is 50. The molecule has 11 unspecified atom stereocenters. The Morgan fingerprint density at radius 3 is 1.27 bits per heavy atom. The number of ether oxygens (including phenoxy) is 6. The molecule has 454 valence electrons. The fourth-order valence-corrected chi connectivity index (χ4v) is 9.80. The summed E-state index contributed by atoms with van der Waals surface area (Å²) in [6, 6.07) is 0. The van der Waals surface area contributed by atoms with Crippen molar-refractivity contribution in [1.82, 2.24) is 0 Å². The molecule has 11 atom stereocenters. The Labute approximate surface area is 471 Å². The second-order valence-electron chi connectivity index (χ2n) is 21.9. The van der Waals surface area contributed by atoms with Crippen LogP contribution in [0.2, 0.25) is 0 Å². The third-order valence-corrected chi connectivity index (χ3v) is 14.8. The number of aliphatic hydroxyl groups is 7. The molecule has 78 heavy (non-hydrogen) atoms. The second kappa shape index (κ2) is 49.1. The van der Waals surface area contributed by atoms with Gasteiger partial charge in [0.1, 0.15) is 55.4 Å². The summed E-state index contributed by atoms with van der Waals surface area (Å²) >= 11 is 0. The van der Waals surface area contributed by atoms with Gasteiger partial charge in [0.25, 0.3) is 0 Å². The van der Waals surface area contributed by atoms with Crippen LogP contribution < -0.4 is 0 Å². The highest BCUT2D eigenvalue weighted by Gasteiger charge is 2.47. The average Bonchev–Trinajstić information content (AvgIpc) is 3.44. The van der Waals surface area contributed by atoms with Crippen LogP contribution in [0.15, 0.2) is 48.6 Å². The molecule has 15 heteroatoms. The van der Waals surface area contributed by atoms with Gasteiger partial charge in [-0.2, -0.15) is 0 Å². The minimum atomic E-state index is -1.77. The molecular formula is C63H112O15. The van der Waals surface area contributed by atoms with Crippen molar-refractivity contribution in [3.05, 3.63) is 48.6 Å². The molecule has 2 saturated heterocycles. The van der Waals surface area contributed by atoms with Gasteiger partial charge in [-0.1, -0.05) is 229 Å². The van der Waals surface area contributed by atoms with Gasteiger partial charge in [-0.15, -0.1) is 0 Å². The van der Waals surface area contributed by atoms with E-state index in [1.165, 1.54) is 128 Å². The molecule has 2 fully saturated rings. The molecule has 0 spiro atoms. The zero-order chi connectivity index (χ0) is 56.7. The molecule has 0 bridgehead atoms. The van der Waals surface area contributed by atoms with Crippen molar-refractivity contribution in [2.45, 2.75) is 313 Å². The van der Waals surface area contributed by atoms with E-state index in [1.54, 1.807) is 0 Å². The largest absolute Gasteiger partial charge is 0.462 e. The summed E-state index contributed by atoms with van der Waals surface area (Å²) in [4.78, 5) is 26.0. The molecule has 0 radical (unpaired) electrons. The summed E-state index contributed by atoms with van der Waals surface area (Å²) in [6.07, 6.45) is 41.3. The van der Waals surface area contributed by atoms with E-state index in [2.05, 4.69) is 62.5 Å². The molecule has 7 N–H and O–H groups in total. The van der Waals surface area contributed by atoms with E-state index in [0.717, 1.165) is 77.0 Å². The molecule has 15 nitrogen and oxygen atoms in total. The van der Waals surface area contributed by atoms with E-state index < -0.39 is 92.7 Å². The molecule has 2 aliphatic rings. The van der Waals surface area contributed by atoms with Gasteiger partial charge in [-0.25, -0.2) is 0 Å². The van der Waals surface area contributed by atoms with E-state index >= 15 is 0 Å². The lowest BCUT2D eigenvalue weighted by atomic mass is 9.98. The topological polar surface area (TPSA) is 231 Å². The Morgan fingerprint density at radius 2 is 0.808 bits per heavy atom.